The first-order valence-electron chi connectivity index (χ1n) is 7.92. The van der Waals surface area contributed by atoms with Crippen molar-refractivity contribution in [1.82, 2.24) is 0 Å². The zero-order valence-corrected chi connectivity index (χ0v) is 15.1. The van der Waals surface area contributed by atoms with Crippen LogP contribution in [-0.4, -0.2) is 12.3 Å². The standard InChI is InChI=1S/C19H23FN2OS/c1-4-13(2)15-6-8-16(9-7-15)22-19(21)24-12-14-5-10-18(23-3)17(20)11-14/h5-11,13H,4,12H2,1-3H3,(H2,21,22)/t13-/m0/s1. The Balaban J connectivity index is 1.97. The normalized spacial score (nSPS) is 12.9. The van der Waals surface area contributed by atoms with Gasteiger partial charge in [0.25, 0.3) is 0 Å². The molecular formula is C19H23FN2OS. The molecule has 2 aromatic carbocycles. The molecule has 2 N–H and O–H groups in total. The number of halogens is 1. The molecule has 0 unspecified atom stereocenters. The molecule has 0 aliphatic carbocycles. The van der Waals surface area contributed by atoms with Crippen LogP contribution in [0.5, 0.6) is 5.75 Å². The molecule has 0 aliphatic rings. The molecule has 0 saturated carbocycles. The number of ether oxygens (including phenoxy) is 1. The van der Waals surface area contributed by atoms with Crippen molar-refractivity contribution < 1.29 is 9.13 Å². The second kappa shape index (κ2) is 8.73. The first-order valence-corrected chi connectivity index (χ1v) is 8.91. The van der Waals surface area contributed by atoms with Crippen LogP contribution >= 0.6 is 11.8 Å². The number of rotatable bonds is 6. The fourth-order valence-electron chi connectivity index (χ4n) is 2.23. The first-order chi connectivity index (χ1) is 11.5. The SMILES string of the molecule is CC[C@H](C)c1ccc(N=C(N)SCc2ccc(OC)c(F)c2)cc1. The lowest BCUT2D eigenvalue weighted by Crippen LogP contribution is -2.06. The molecule has 1 atom stereocenters. The number of nitrogens with two attached hydrogens (primary N) is 1. The molecule has 2 rings (SSSR count). The molecule has 0 heterocycles. The number of methoxy groups -OCH3 is 1. The monoisotopic (exact) mass is 346 g/mol. The molecule has 0 saturated heterocycles. The van der Waals surface area contributed by atoms with Crippen molar-refractivity contribution in [2.75, 3.05) is 7.11 Å². The molecule has 2 aromatic rings. The quantitative estimate of drug-likeness (QED) is 0.576. The summed E-state index contributed by atoms with van der Waals surface area (Å²) in [5, 5.41) is 0.461. The summed E-state index contributed by atoms with van der Waals surface area (Å²) in [7, 11) is 1.45. The van der Waals surface area contributed by atoms with Gasteiger partial charge in [-0.15, -0.1) is 0 Å². The number of thioether (sulfide) groups is 1. The summed E-state index contributed by atoms with van der Waals surface area (Å²) in [6, 6.07) is 13.0. The Morgan fingerprint density at radius 2 is 1.96 bits per heavy atom. The van der Waals surface area contributed by atoms with Gasteiger partial charge in [0.1, 0.15) is 0 Å². The number of amidine groups is 1. The van der Waals surface area contributed by atoms with Crippen LogP contribution in [0.2, 0.25) is 0 Å². The van der Waals surface area contributed by atoms with Crippen LogP contribution in [0, 0.1) is 5.82 Å². The summed E-state index contributed by atoms with van der Waals surface area (Å²) in [6.07, 6.45) is 1.11. The lowest BCUT2D eigenvalue weighted by molar-refractivity contribution is 0.386. The molecule has 0 spiro atoms. The van der Waals surface area contributed by atoms with E-state index in [-0.39, 0.29) is 11.6 Å². The van der Waals surface area contributed by atoms with Gasteiger partial charge in [0.15, 0.2) is 16.7 Å². The van der Waals surface area contributed by atoms with E-state index in [1.807, 2.05) is 18.2 Å². The number of nitrogens with zero attached hydrogens (tertiary/aromatic N) is 1. The average Bonchev–Trinajstić information content (AvgIpc) is 2.60. The third-order valence-electron chi connectivity index (χ3n) is 3.92. The van der Waals surface area contributed by atoms with E-state index in [0.717, 1.165) is 17.7 Å². The van der Waals surface area contributed by atoms with Crippen LogP contribution in [0.4, 0.5) is 10.1 Å². The summed E-state index contributed by atoms with van der Waals surface area (Å²) in [5.74, 6) is 0.972. The van der Waals surface area contributed by atoms with Crippen LogP contribution in [0.1, 0.15) is 37.3 Å². The van der Waals surface area contributed by atoms with Crippen molar-refractivity contribution in [3.05, 3.63) is 59.4 Å². The zero-order valence-electron chi connectivity index (χ0n) is 14.3. The van der Waals surface area contributed by atoms with Crippen molar-refractivity contribution in [3.63, 3.8) is 0 Å². The maximum absolute atomic E-state index is 13.7. The molecule has 3 nitrogen and oxygen atoms in total. The number of hydrogen-bond donors (Lipinski definition) is 1. The highest BCUT2D eigenvalue weighted by Crippen LogP contribution is 2.24. The van der Waals surface area contributed by atoms with Crippen molar-refractivity contribution in [1.29, 1.82) is 0 Å². The lowest BCUT2D eigenvalue weighted by atomic mass is 9.99. The van der Waals surface area contributed by atoms with E-state index in [1.165, 1.54) is 30.5 Å². The highest BCUT2D eigenvalue weighted by molar-refractivity contribution is 8.13. The molecule has 0 fully saturated rings. The van der Waals surface area contributed by atoms with Crippen LogP contribution in [-0.2, 0) is 5.75 Å². The summed E-state index contributed by atoms with van der Waals surface area (Å²) in [6.45, 7) is 4.38. The second-order valence-electron chi connectivity index (χ2n) is 5.61. The predicted octanol–water partition coefficient (Wildman–Crippen LogP) is 5.23. The first kappa shape index (κ1) is 18.3. The summed E-state index contributed by atoms with van der Waals surface area (Å²) < 4.78 is 18.6. The van der Waals surface area contributed by atoms with Gasteiger partial charge in [-0.1, -0.05) is 43.8 Å². The fourth-order valence-corrected chi connectivity index (χ4v) is 2.89. The highest BCUT2D eigenvalue weighted by Gasteiger charge is 2.05. The molecule has 0 aromatic heterocycles. The Hall–Kier alpha value is -2.01. The van der Waals surface area contributed by atoms with Gasteiger partial charge in [-0.3, -0.25) is 0 Å². The van der Waals surface area contributed by atoms with Crippen molar-refractivity contribution in [2.24, 2.45) is 10.7 Å². The number of benzene rings is 2. The number of aliphatic imine (C=N–C) groups is 1. The van der Waals surface area contributed by atoms with Gasteiger partial charge in [0, 0.05) is 5.75 Å². The van der Waals surface area contributed by atoms with E-state index in [0.29, 0.717) is 16.8 Å². The molecule has 24 heavy (non-hydrogen) atoms. The van der Waals surface area contributed by atoms with Crippen molar-refractivity contribution in [2.45, 2.75) is 31.9 Å². The Bertz CT molecular complexity index is 701. The van der Waals surface area contributed by atoms with Gasteiger partial charge in [-0.2, -0.15) is 0 Å². The van der Waals surface area contributed by atoms with E-state index in [1.54, 1.807) is 6.07 Å². The van der Waals surface area contributed by atoms with E-state index in [2.05, 4.69) is 31.0 Å². The van der Waals surface area contributed by atoms with Crippen LogP contribution < -0.4 is 10.5 Å². The van der Waals surface area contributed by atoms with Crippen molar-refractivity contribution >= 4 is 22.6 Å². The van der Waals surface area contributed by atoms with E-state index < -0.39 is 0 Å². The van der Waals surface area contributed by atoms with Gasteiger partial charge < -0.3 is 10.5 Å². The van der Waals surface area contributed by atoms with Crippen LogP contribution in [0.25, 0.3) is 0 Å². The molecule has 128 valence electrons. The van der Waals surface area contributed by atoms with Crippen LogP contribution in [0.3, 0.4) is 0 Å². The molecular weight excluding hydrogens is 323 g/mol. The highest BCUT2D eigenvalue weighted by atomic mass is 32.2. The minimum Gasteiger partial charge on any atom is -0.494 e. The third kappa shape index (κ3) is 4.99. The maximum Gasteiger partial charge on any atom is 0.165 e. The summed E-state index contributed by atoms with van der Waals surface area (Å²) in [4.78, 5) is 4.40. The minimum atomic E-state index is -0.369. The average molecular weight is 346 g/mol. The predicted molar refractivity (Wildman–Crippen MR) is 101 cm³/mol. The van der Waals surface area contributed by atoms with Gasteiger partial charge in [0.2, 0.25) is 0 Å². The Morgan fingerprint density at radius 1 is 1.25 bits per heavy atom. The van der Waals surface area contributed by atoms with Gasteiger partial charge in [-0.05, 0) is 47.7 Å². The van der Waals surface area contributed by atoms with Crippen LogP contribution in [0.15, 0.2) is 47.5 Å². The Morgan fingerprint density at radius 3 is 2.54 bits per heavy atom. The second-order valence-corrected chi connectivity index (χ2v) is 6.60. The molecule has 0 amide bonds. The molecule has 0 bridgehead atoms. The third-order valence-corrected chi connectivity index (χ3v) is 4.78. The van der Waals surface area contributed by atoms with Gasteiger partial charge in [-0.25, -0.2) is 9.38 Å². The largest absolute Gasteiger partial charge is 0.494 e. The van der Waals surface area contributed by atoms with E-state index >= 15 is 0 Å². The Kier molecular flexibility index (Phi) is 6.67. The molecule has 5 heteroatoms. The van der Waals surface area contributed by atoms with Gasteiger partial charge in [0.05, 0.1) is 12.8 Å². The molecule has 0 aliphatic heterocycles. The molecule has 0 radical (unpaired) electrons. The Labute approximate surface area is 147 Å². The zero-order chi connectivity index (χ0) is 17.5. The van der Waals surface area contributed by atoms with Gasteiger partial charge >= 0.3 is 0 Å². The summed E-state index contributed by atoms with van der Waals surface area (Å²) in [5.41, 5.74) is 8.93. The summed E-state index contributed by atoms with van der Waals surface area (Å²) >= 11 is 1.38. The van der Waals surface area contributed by atoms with E-state index in [4.69, 9.17) is 10.5 Å². The minimum absolute atomic E-state index is 0.242. The lowest BCUT2D eigenvalue weighted by Gasteiger charge is -2.08. The maximum atomic E-state index is 13.7. The van der Waals surface area contributed by atoms with E-state index in [9.17, 15) is 4.39 Å². The van der Waals surface area contributed by atoms with Crippen molar-refractivity contribution in [3.8, 4) is 5.75 Å². The fraction of sp³-hybridized carbons (Fsp3) is 0.316. The number of hydrogen-bond acceptors (Lipinski definition) is 3. The smallest absolute Gasteiger partial charge is 0.165 e. The topological polar surface area (TPSA) is 47.6 Å².